The fourth-order valence-electron chi connectivity index (χ4n) is 0.496. The number of hydrogen-bond acceptors (Lipinski definition) is 4. The van der Waals surface area contributed by atoms with E-state index in [0.29, 0.717) is 0 Å². The third-order valence-electron chi connectivity index (χ3n) is 0.959. The summed E-state index contributed by atoms with van der Waals surface area (Å²) >= 11 is 0. The van der Waals surface area contributed by atoms with Crippen LogP contribution in [0.2, 0.25) is 0 Å². The number of quaternary nitrogens is 1. The molecule has 0 radical (unpaired) electrons. The molecule has 0 aliphatic heterocycles. The summed E-state index contributed by atoms with van der Waals surface area (Å²) in [6.07, 6.45) is -1.28. The second kappa shape index (κ2) is 6.29. The minimum Gasteiger partial charge on any atom is -0.550 e. The normalized spacial score (nSPS) is 8.33. The fraction of sp³-hybridized carbons (Fsp3) is 0.500. The number of ketones is 1. The van der Waals surface area contributed by atoms with E-state index >= 15 is 0 Å². The van der Waals surface area contributed by atoms with E-state index in [1.165, 1.54) is 0 Å². The fourth-order valence-corrected chi connectivity index (χ4v) is 0.496. The maximum atomic E-state index is 10.5. The predicted octanol–water partition coefficient (Wildman–Crippen LogP) is -1.06. The Morgan fingerprint density at radius 3 is 2.00 bits per heavy atom. The van der Waals surface area contributed by atoms with Gasteiger partial charge in [-0.2, -0.15) is 0 Å². The van der Waals surface area contributed by atoms with E-state index in [1.807, 2.05) is 0 Å². The Balaban J connectivity index is 0. The highest BCUT2D eigenvalue weighted by Crippen LogP contribution is 1.93. The van der Waals surface area contributed by atoms with Gasteiger partial charge in [-0.25, -0.2) is 0 Å². The number of aliphatic carboxylic acids is 2. The monoisotopic (exact) mass is 177 g/mol. The largest absolute Gasteiger partial charge is 0.550 e. The van der Waals surface area contributed by atoms with Gasteiger partial charge in [0.15, 0.2) is 0 Å². The first-order chi connectivity index (χ1) is 5.02. The van der Waals surface area contributed by atoms with Crippen LogP contribution in [0.25, 0.3) is 0 Å². The Bertz CT molecular complexity index is 188. The molecule has 0 rings (SSSR count). The zero-order chi connectivity index (χ0) is 8.85. The number of carboxylic acid groups (broad SMARTS) is 2. The highest BCUT2D eigenvalue weighted by Gasteiger charge is 2.04. The molecule has 12 heavy (non-hydrogen) atoms. The van der Waals surface area contributed by atoms with Crippen LogP contribution in [0.4, 0.5) is 0 Å². The van der Waals surface area contributed by atoms with E-state index in [4.69, 9.17) is 5.11 Å². The lowest BCUT2D eigenvalue weighted by molar-refractivity contribution is -0.304. The lowest BCUT2D eigenvalue weighted by atomic mass is 10.2. The first-order valence-electron chi connectivity index (χ1n) is 2.95. The number of carboxylic acids is 2. The van der Waals surface area contributed by atoms with Gasteiger partial charge in [0.1, 0.15) is 5.78 Å². The summed E-state index contributed by atoms with van der Waals surface area (Å²) in [6.45, 7) is 0. The summed E-state index contributed by atoms with van der Waals surface area (Å²) < 4.78 is 0. The van der Waals surface area contributed by atoms with Crippen molar-refractivity contribution in [1.29, 1.82) is 0 Å². The van der Waals surface area contributed by atoms with Crippen molar-refractivity contribution in [2.75, 3.05) is 0 Å². The van der Waals surface area contributed by atoms with E-state index in [2.05, 4.69) is 0 Å². The van der Waals surface area contributed by atoms with Crippen molar-refractivity contribution < 1.29 is 24.6 Å². The van der Waals surface area contributed by atoms with Crippen molar-refractivity contribution in [2.45, 2.75) is 19.3 Å². The highest BCUT2D eigenvalue weighted by atomic mass is 16.4. The maximum absolute atomic E-state index is 10.5. The van der Waals surface area contributed by atoms with Crippen LogP contribution >= 0.6 is 0 Å². The van der Waals surface area contributed by atoms with Crippen LogP contribution in [0.3, 0.4) is 0 Å². The zero-order valence-electron chi connectivity index (χ0n) is 6.70. The Hall–Kier alpha value is -1.43. The van der Waals surface area contributed by atoms with E-state index in [1.54, 1.807) is 0 Å². The first kappa shape index (κ1) is 13.2. The molecule has 0 bridgehead atoms. The van der Waals surface area contributed by atoms with Crippen LogP contribution < -0.4 is 11.3 Å². The topological polar surface area (TPSA) is 131 Å². The molecular weight excluding hydrogens is 166 g/mol. The molecule has 0 aliphatic carbocycles. The molecule has 0 saturated heterocycles. The quantitative estimate of drug-likeness (QED) is 0.516. The third kappa shape index (κ3) is 8.57. The van der Waals surface area contributed by atoms with Crippen LogP contribution in [0, 0.1) is 0 Å². The molecule has 0 amide bonds. The van der Waals surface area contributed by atoms with Crippen molar-refractivity contribution in [2.24, 2.45) is 0 Å². The number of Topliss-reactive ketones (excluding diaryl/α,β-unsaturated/α-hetero) is 1. The summed E-state index contributed by atoms with van der Waals surface area (Å²) in [7, 11) is 0. The van der Waals surface area contributed by atoms with Crippen molar-refractivity contribution in [3.8, 4) is 0 Å². The minimum atomic E-state index is -1.47. The summed E-state index contributed by atoms with van der Waals surface area (Å²) in [5.74, 6) is -3.20. The van der Waals surface area contributed by atoms with Crippen LogP contribution in [0.15, 0.2) is 0 Å². The number of rotatable bonds is 5. The highest BCUT2D eigenvalue weighted by molar-refractivity contribution is 5.94. The summed E-state index contributed by atoms with van der Waals surface area (Å²) in [5.41, 5.74) is 0. The van der Waals surface area contributed by atoms with Gasteiger partial charge in [-0.1, -0.05) is 0 Å². The number of carbonyl (C=O) groups is 3. The van der Waals surface area contributed by atoms with Gasteiger partial charge in [0.2, 0.25) is 0 Å². The molecule has 0 aromatic heterocycles. The van der Waals surface area contributed by atoms with E-state index in [0.717, 1.165) is 0 Å². The molecule has 0 unspecified atom stereocenters. The van der Waals surface area contributed by atoms with Crippen LogP contribution in [0.5, 0.6) is 0 Å². The Morgan fingerprint density at radius 2 is 1.67 bits per heavy atom. The summed E-state index contributed by atoms with van der Waals surface area (Å²) in [4.78, 5) is 30.1. The van der Waals surface area contributed by atoms with Crippen LogP contribution in [0.1, 0.15) is 19.3 Å². The molecular formula is C6H11NO5. The van der Waals surface area contributed by atoms with Gasteiger partial charge >= 0.3 is 5.97 Å². The molecule has 6 heteroatoms. The molecule has 0 atom stereocenters. The predicted molar refractivity (Wildman–Crippen MR) is 37.5 cm³/mol. The number of carbonyl (C=O) groups excluding carboxylic acids is 2. The molecule has 0 aromatic carbocycles. The molecule has 0 fully saturated rings. The van der Waals surface area contributed by atoms with Crippen LogP contribution in [-0.4, -0.2) is 22.8 Å². The Labute approximate surface area is 68.8 Å². The molecule has 0 spiro atoms. The lowest BCUT2D eigenvalue weighted by Crippen LogP contribution is -2.25. The van der Waals surface area contributed by atoms with Crippen molar-refractivity contribution in [3.63, 3.8) is 0 Å². The van der Waals surface area contributed by atoms with Crippen molar-refractivity contribution in [3.05, 3.63) is 0 Å². The second-order valence-corrected chi connectivity index (χ2v) is 1.98. The average molecular weight is 177 g/mol. The van der Waals surface area contributed by atoms with E-state index < -0.39 is 24.1 Å². The molecule has 70 valence electrons. The Kier molecular flexibility index (Phi) is 6.91. The first-order valence-corrected chi connectivity index (χ1v) is 2.95. The third-order valence-corrected chi connectivity index (χ3v) is 0.959. The van der Waals surface area contributed by atoms with Gasteiger partial charge in [0.05, 0.1) is 6.42 Å². The average Bonchev–Trinajstić information content (AvgIpc) is 1.82. The molecule has 0 aromatic rings. The molecule has 5 N–H and O–H groups in total. The lowest BCUT2D eigenvalue weighted by Gasteiger charge is -1.98. The van der Waals surface area contributed by atoms with Crippen LogP contribution in [-0.2, 0) is 14.4 Å². The summed E-state index contributed by atoms with van der Waals surface area (Å²) in [6, 6.07) is 0. The van der Waals surface area contributed by atoms with Gasteiger partial charge in [0.25, 0.3) is 0 Å². The van der Waals surface area contributed by atoms with Gasteiger partial charge in [-0.3, -0.25) is 9.59 Å². The maximum Gasteiger partial charge on any atom is 0.303 e. The molecule has 0 heterocycles. The number of hydrogen-bond donors (Lipinski definition) is 2. The van der Waals surface area contributed by atoms with Crippen molar-refractivity contribution in [1.82, 2.24) is 6.15 Å². The molecule has 0 aliphatic rings. The standard InChI is InChI=1S/C6H8O5.H3N/c7-4(3-6(10)11)1-2-5(8)9;/h1-3H2,(H,8,9)(H,10,11);1H3. The van der Waals surface area contributed by atoms with Gasteiger partial charge < -0.3 is 21.2 Å². The van der Waals surface area contributed by atoms with Gasteiger partial charge in [-0.05, 0) is 0 Å². The van der Waals surface area contributed by atoms with E-state index in [-0.39, 0.29) is 19.0 Å². The van der Waals surface area contributed by atoms with Crippen molar-refractivity contribution >= 4 is 17.7 Å². The zero-order valence-corrected chi connectivity index (χ0v) is 6.70. The summed E-state index contributed by atoms with van der Waals surface area (Å²) in [5, 5.41) is 17.9. The Morgan fingerprint density at radius 1 is 1.17 bits per heavy atom. The van der Waals surface area contributed by atoms with Gasteiger partial charge in [0, 0.05) is 18.8 Å². The minimum absolute atomic E-state index is 0. The second-order valence-electron chi connectivity index (χ2n) is 1.98. The molecule has 6 nitrogen and oxygen atoms in total. The van der Waals surface area contributed by atoms with E-state index in [9.17, 15) is 19.5 Å². The molecule has 0 saturated carbocycles. The van der Waals surface area contributed by atoms with Gasteiger partial charge in [-0.15, -0.1) is 0 Å². The SMILES string of the molecule is O=C([O-])CC(=O)CCC(=O)O.[NH4+]. The smallest absolute Gasteiger partial charge is 0.303 e.